The van der Waals surface area contributed by atoms with Crippen LogP contribution in [0.15, 0.2) is 41.5 Å². The fourth-order valence-electron chi connectivity index (χ4n) is 1.97. The zero-order chi connectivity index (χ0) is 14.4. The molecule has 0 aliphatic heterocycles. The minimum Gasteiger partial charge on any atom is -0.370 e. The van der Waals surface area contributed by atoms with Crippen LogP contribution in [0.4, 0.5) is 0 Å². The molecule has 6 heteroatoms. The van der Waals surface area contributed by atoms with Gasteiger partial charge in [-0.2, -0.15) is 5.10 Å². The molecule has 1 aromatic heterocycles. The van der Waals surface area contributed by atoms with E-state index in [1.165, 1.54) is 0 Å². The third-order valence-corrected chi connectivity index (χ3v) is 2.93. The average molecular weight is 399 g/mol. The van der Waals surface area contributed by atoms with E-state index in [2.05, 4.69) is 22.3 Å². The first-order valence-electron chi connectivity index (χ1n) is 6.82. The van der Waals surface area contributed by atoms with Gasteiger partial charge in [-0.05, 0) is 6.42 Å². The summed E-state index contributed by atoms with van der Waals surface area (Å²) in [6, 6.07) is 10.1. The lowest BCUT2D eigenvalue weighted by molar-refractivity contribution is 0.769. The molecule has 0 amide bonds. The maximum absolute atomic E-state index is 5.81. The van der Waals surface area contributed by atoms with Gasteiger partial charge in [0.1, 0.15) is 0 Å². The van der Waals surface area contributed by atoms with Crippen LogP contribution in [0.1, 0.15) is 18.9 Å². The van der Waals surface area contributed by atoms with Crippen LogP contribution in [0.2, 0.25) is 0 Å². The number of hydrogen-bond acceptors (Lipinski definition) is 2. The zero-order valence-electron chi connectivity index (χ0n) is 12.4. The highest BCUT2D eigenvalue weighted by molar-refractivity contribution is 14.0. The van der Waals surface area contributed by atoms with E-state index in [0.717, 1.165) is 29.8 Å². The van der Waals surface area contributed by atoms with Crippen LogP contribution in [0.25, 0.3) is 11.3 Å². The highest BCUT2D eigenvalue weighted by Gasteiger charge is 2.09. The monoisotopic (exact) mass is 399 g/mol. The zero-order valence-corrected chi connectivity index (χ0v) is 14.7. The molecule has 1 aromatic carbocycles. The van der Waals surface area contributed by atoms with Crippen molar-refractivity contribution in [2.24, 2.45) is 17.8 Å². The third-order valence-electron chi connectivity index (χ3n) is 2.93. The molecule has 114 valence electrons. The molecule has 0 radical (unpaired) electrons. The first-order chi connectivity index (χ1) is 9.70. The summed E-state index contributed by atoms with van der Waals surface area (Å²) in [5.41, 5.74) is 8.94. The molecule has 0 bridgehead atoms. The molecule has 0 saturated heterocycles. The van der Waals surface area contributed by atoms with Crippen LogP contribution in [0, 0.1) is 0 Å². The molecule has 1 heterocycles. The van der Waals surface area contributed by atoms with Crippen molar-refractivity contribution in [2.75, 3.05) is 6.54 Å². The largest absolute Gasteiger partial charge is 0.370 e. The van der Waals surface area contributed by atoms with Gasteiger partial charge in [0.25, 0.3) is 0 Å². The van der Waals surface area contributed by atoms with E-state index >= 15 is 0 Å². The fraction of sp³-hybridized carbons (Fsp3) is 0.333. The lowest BCUT2D eigenvalue weighted by atomic mass is 10.1. The maximum atomic E-state index is 5.81. The quantitative estimate of drug-likeness (QED) is 0.461. The molecule has 0 fully saturated rings. The summed E-state index contributed by atoms with van der Waals surface area (Å²) < 4.78 is 1.81. The van der Waals surface area contributed by atoms with Gasteiger partial charge in [0.15, 0.2) is 5.96 Å². The van der Waals surface area contributed by atoms with Crippen LogP contribution < -0.4 is 11.1 Å². The fourth-order valence-corrected chi connectivity index (χ4v) is 1.97. The number of aryl methyl sites for hydroxylation is 1. The van der Waals surface area contributed by atoms with Crippen molar-refractivity contribution < 1.29 is 0 Å². The van der Waals surface area contributed by atoms with Gasteiger partial charge in [-0.25, -0.2) is 4.99 Å². The molecule has 3 N–H and O–H groups in total. The number of nitrogens with one attached hydrogen (secondary N) is 1. The second-order valence-electron chi connectivity index (χ2n) is 4.67. The predicted molar refractivity (Wildman–Crippen MR) is 97.7 cm³/mol. The molecule has 0 atom stereocenters. The number of benzene rings is 1. The molecule has 0 saturated carbocycles. The molecule has 0 aliphatic carbocycles. The van der Waals surface area contributed by atoms with Crippen molar-refractivity contribution in [2.45, 2.75) is 19.9 Å². The van der Waals surface area contributed by atoms with Crippen LogP contribution in [0.5, 0.6) is 0 Å². The first-order valence-corrected chi connectivity index (χ1v) is 6.82. The van der Waals surface area contributed by atoms with Gasteiger partial charge in [-0.15, -0.1) is 24.0 Å². The number of hydrogen-bond donors (Lipinski definition) is 2. The molecule has 5 nitrogen and oxygen atoms in total. The van der Waals surface area contributed by atoms with Gasteiger partial charge < -0.3 is 11.1 Å². The number of guanidine groups is 1. The van der Waals surface area contributed by atoms with Crippen molar-refractivity contribution in [3.63, 3.8) is 0 Å². The number of nitrogens with two attached hydrogens (primary N) is 1. The third kappa shape index (κ3) is 5.04. The van der Waals surface area contributed by atoms with Gasteiger partial charge in [-0.3, -0.25) is 4.68 Å². The number of aliphatic imine (C=N–C) groups is 1. The second kappa shape index (κ2) is 8.66. The van der Waals surface area contributed by atoms with Crippen LogP contribution in [-0.4, -0.2) is 22.3 Å². The molecule has 0 aliphatic rings. The number of halogens is 1. The molecule has 2 rings (SSSR count). The van der Waals surface area contributed by atoms with Crippen molar-refractivity contribution in [1.82, 2.24) is 15.1 Å². The minimum atomic E-state index is 0. The first kappa shape index (κ1) is 17.5. The molecule has 0 unspecified atom stereocenters. The normalized spacial score (nSPS) is 11.0. The standard InChI is InChI=1S/C15H21N5.HI/c1-3-9-17-15(16)18-10-13-11-20(2)19-14(13)12-7-5-4-6-8-12;/h4-8,11H,3,9-10H2,1-2H3,(H3,16,17,18);1H. The predicted octanol–water partition coefficient (Wildman–Crippen LogP) is 2.52. The smallest absolute Gasteiger partial charge is 0.188 e. The van der Waals surface area contributed by atoms with Gasteiger partial charge in [0.05, 0.1) is 12.2 Å². The Balaban J connectivity index is 0.00000220. The minimum absolute atomic E-state index is 0. The molecule has 0 spiro atoms. The van der Waals surface area contributed by atoms with Crippen molar-refractivity contribution in [3.05, 3.63) is 42.1 Å². The van der Waals surface area contributed by atoms with E-state index < -0.39 is 0 Å². The van der Waals surface area contributed by atoms with Crippen molar-refractivity contribution in [1.29, 1.82) is 0 Å². The van der Waals surface area contributed by atoms with Gasteiger partial charge in [0.2, 0.25) is 0 Å². The van der Waals surface area contributed by atoms with Crippen LogP contribution in [0.3, 0.4) is 0 Å². The lowest BCUT2D eigenvalue weighted by Crippen LogP contribution is -2.32. The Labute approximate surface area is 142 Å². The van der Waals surface area contributed by atoms with E-state index in [4.69, 9.17) is 5.73 Å². The summed E-state index contributed by atoms with van der Waals surface area (Å²) >= 11 is 0. The summed E-state index contributed by atoms with van der Waals surface area (Å²) in [5.74, 6) is 0.481. The summed E-state index contributed by atoms with van der Waals surface area (Å²) in [5, 5.41) is 7.58. The van der Waals surface area contributed by atoms with Crippen LogP contribution in [-0.2, 0) is 13.6 Å². The SMILES string of the molecule is CCCNC(N)=NCc1cn(C)nc1-c1ccccc1.I. The van der Waals surface area contributed by atoms with E-state index in [0.29, 0.717) is 12.5 Å². The van der Waals surface area contributed by atoms with E-state index in [1.807, 2.05) is 48.3 Å². The highest BCUT2D eigenvalue weighted by atomic mass is 127. The Morgan fingerprint density at radius 3 is 2.71 bits per heavy atom. The second-order valence-corrected chi connectivity index (χ2v) is 4.67. The summed E-state index contributed by atoms with van der Waals surface area (Å²) in [4.78, 5) is 4.36. The number of rotatable bonds is 5. The van der Waals surface area contributed by atoms with Gasteiger partial charge in [0, 0.05) is 30.9 Å². The topological polar surface area (TPSA) is 68.2 Å². The molecular weight excluding hydrogens is 377 g/mol. The van der Waals surface area contributed by atoms with E-state index in [-0.39, 0.29) is 24.0 Å². The lowest BCUT2D eigenvalue weighted by Gasteiger charge is -2.03. The summed E-state index contributed by atoms with van der Waals surface area (Å²) in [6.45, 7) is 3.46. The number of aromatic nitrogens is 2. The van der Waals surface area contributed by atoms with E-state index in [1.54, 1.807) is 0 Å². The number of nitrogens with zero attached hydrogens (tertiary/aromatic N) is 3. The highest BCUT2D eigenvalue weighted by Crippen LogP contribution is 2.21. The average Bonchev–Trinajstić information content (AvgIpc) is 2.85. The molecular formula is C15H22IN5. The molecule has 2 aromatic rings. The molecule has 21 heavy (non-hydrogen) atoms. The van der Waals surface area contributed by atoms with Crippen LogP contribution >= 0.6 is 24.0 Å². The summed E-state index contributed by atoms with van der Waals surface area (Å²) in [7, 11) is 1.92. The van der Waals surface area contributed by atoms with Gasteiger partial charge in [-0.1, -0.05) is 37.3 Å². The summed E-state index contributed by atoms with van der Waals surface area (Å²) in [6.07, 6.45) is 3.01. The van der Waals surface area contributed by atoms with Crippen molar-refractivity contribution >= 4 is 29.9 Å². The Hall–Kier alpha value is -1.57. The van der Waals surface area contributed by atoms with Crippen molar-refractivity contribution in [3.8, 4) is 11.3 Å². The van der Waals surface area contributed by atoms with E-state index in [9.17, 15) is 0 Å². The maximum Gasteiger partial charge on any atom is 0.188 e. The Morgan fingerprint density at radius 1 is 1.33 bits per heavy atom. The Bertz CT molecular complexity index is 577. The Morgan fingerprint density at radius 2 is 2.05 bits per heavy atom. The van der Waals surface area contributed by atoms with Gasteiger partial charge >= 0.3 is 0 Å². The Kier molecular flexibility index (Phi) is 7.21.